The average molecular weight is 353 g/mol. The van der Waals surface area contributed by atoms with Crippen molar-refractivity contribution in [1.82, 2.24) is 0 Å². The summed E-state index contributed by atoms with van der Waals surface area (Å²) in [5, 5.41) is 0. The van der Waals surface area contributed by atoms with Crippen molar-refractivity contribution in [2.45, 2.75) is 6.42 Å². The Hall–Kier alpha value is -3.28. The highest BCUT2D eigenvalue weighted by atomic mass is 16.6. The van der Waals surface area contributed by atoms with Crippen LogP contribution in [0.4, 0.5) is 0 Å². The SMILES string of the molecule is COc1ccc(/C=C2/N=C(CCOc3ccccc3)OC2=O)cc1OC. The van der Waals surface area contributed by atoms with E-state index in [1.807, 2.05) is 36.4 Å². The summed E-state index contributed by atoms with van der Waals surface area (Å²) in [7, 11) is 3.13. The number of carbonyl (C=O) groups is 1. The molecule has 0 fully saturated rings. The highest BCUT2D eigenvalue weighted by Crippen LogP contribution is 2.29. The van der Waals surface area contributed by atoms with Crippen LogP contribution in [0, 0.1) is 0 Å². The van der Waals surface area contributed by atoms with E-state index in [9.17, 15) is 4.79 Å². The Kier molecular flexibility index (Phi) is 5.53. The van der Waals surface area contributed by atoms with Gasteiger partial charge in [0, 0.05) is 0 Å². The second-order valence-electron chi connectivity index (χ2n) is 5.45. The van der Waals surface area contributed by atoms with E-state index in [0.29, 0.717) is 30.4 Å². The Morgan fingerprint density at radius 3 is 2.54 bits per heavy atom. The smallest absolute Gasteiger partial charge is 0.363 e. The van der Waals surface area contributed by atoms with E-state index in [0.717, 1.165) is 11.3 Å². The zero-order valence-corrected chi connectivity index (χ0v) is 14.6. The molecule has 2 aromatic rings. The first kappa shape index (κ1) is 17.5. The number of hydrogen-bond acceptors (Lipinski definition) is 6. The summed E-state index contributed by atoms with van der Waals surface area (Å²) < 4.78 is 21.2. The molecular formula is C20H19NO5. The minimum Gasteiger partial charge on any atom is -0.493 e. The van der Waals surface area contributed by atoms with E-state index < -0.39 is 5.97 Å². The standard InChI is InChI=1S/C20H19NO5/c1-23-17-9-8-14(13-18(17)24-2)12-16-20(22)26-19(21-16)10-11-25-15-6-4-3-5-7-15/h3-9,12-13H,10-11H2,1-2H3/b16-12+. The van der Waals surface area contributed by atoms with Crippen molar-refractivity contribution < 1.29 is 23.7 Å². The molecule has 0 atom stereocenters. The number of para-hydroxylation sites is 1. The van der Waals surface area contributed by atoms with Crippen molar-refractivity contribution in [3.05, 3.63) is 59.8 Å². The molecule has 6 nitrogen and oxygen atoms in total. The minimum atomic E-state index is -0.477. The molecular weight excluding hydrogens is 334 g/mol. The van der Waals surface area contributed by atoms with Gasteiger partial charge in [-0.2, -0.15) is 0 Å². The van der Waals surface area contributed by atoms with Gasteiger partial charge >= 0.3 is 5.97 Å². The Balaban J connectivity index is 1.66. The predicted molar refractivity (Wildman–Crippen MR) is 97.6 cm³/mol. The number of cyclic esters (lactones) is 1. The summed E-state index contributed by atoms with van der Waals surface area (Å²) in [6.45, 7) is 0.375. The number of esters is 1. The van der Waals surface area contributed by atoms with E-state index in [-0.39, 0.29) is 5.70 Å². The lowest BCUT2D eigenvalue weighted by atomic mass is 10.1. The number of benzene rings is 2. The molecule has 0 saturated carbocycles. The number of nitrogens with zero attached hydrogens (tertiary/aromatic N) is 1. The van der Waals surface area contributed by atoms with Crippen LogP contribution in [0.5, 0.6) is 17.2 Å². The van der Waals surface area contributed by atoms with Crippen molar-refractivity contribution in [1.29, 1.82) is 0 Å². The van der Waals surface area contributed by atoms with Gasteiger partial charge in [0.25, 0.3) is 0 Å². The molecule has 134 valence electrons. The molecule has 3 rings (SSSR count). The number of aliphatic imine (C=N–C) groups is 1. The van der Waals surface area contributed by atoms with Gasteiger partial charge in [-0.05, 0) is 35.9 Å². The largest absolute Gasteiger partial charge is 0.493 e. The molecule has 0 spiro atoms. The number of ether oxygens (including phenoxy) is 4. The molecule has 1 aliphatic heterocycles. The summed E-state index contributed by atoms with van der Waals surface area (Å²) >= 11 is 0. The van der Waals surface area contributed by atoms with Crippen LogP contribution in [0.2, 0.25) is 0 Å². The lowest BCUT2D eigenvalue weighted by Gasteiger charge is -2.07. The van der Waals surface area contributed by atoms with Crippen LogP contribution in [0.25, 0.3) is 6.08 Å². The quantitative estimate of drug-likeness (QED) is 0.563. The Labute approximate surface area is 151 Å². The molecule has 0 unspecified atom stereocenters. The molecule has 1 aliphatic rings. The molecule has 2 aromatic carbocycles. The fraction of sp³-hybridized carbons (Fsp3) is 0.200. The fourth-order valence-corrected chi connectivity index (χ4v) is 2.43. The normalized spacial score (nSPS) is 14.8. The highest BCUT2D eigenvalue weighted by Gasteiger charge is 2.22. The lowest BCUT2D eigenvalue weighted by molar-refractivity contribution is -0.130. The minimum absolute atomic E-state index is 0.243. The Bertz CT molecular complexity index is 843. The van der Waals surface area contributed by atoms with Crippen molar-refractivity contribution in [2.75, 3.05) is 20.8 Å². The predicted octanol–water partition coefficient (Wildman–Crippen LogP) is 3.47. The van der Waals surface area contributed by atoms with Crippen LogP contribution in [0.1, 0.15) is 12.0 Å². The van der Waals surface area contributed by atoms with E-state index >= 15 is 0 Å². The van der Waals surface area contributed by atoms with Crippen LogP contribution >= 0.6 is 0 Å². The van der Waals surface area contributed by atoms with Crippen LogP contribution in [0.3, 0.4) is 0 Å². The van der Waals surface area contributed by atoms with Crippen LogP contribution in [-0.4, -0.2) is 32.7 Å². The summed E-state index contributed by atoms with van der Waals surface area (Å²) in [6.07, 6.45) is 2.05. The van der Waals surface area contributed by atoms with E-state index in [2.05, 4.69) is 4.99 Å². The first-order chi connectivity index (χ1) is 12.7. The van der Waals surface area contributed by atoms with Gasteiger partial charge in [-0.25, -0.2) is 9.79 Å². The topological polar surface area (TPSA) is 66.3 Å². The van der Waals surface area contributed by atoms with Gasteiger partial charge in [0.2, 0.25) is 5.90 Å². The van der Waals surface area contributed by atoms with Crippen molar-refractivity contribution in [2.24, 2.45) is 4.99 Å². The molecule has 1 heterocycles. The molecule has 0 bridgehead atoms. The lowest BCUT2D eigenvalue weighted by Crippen LogP contribution is -2.08. The summed E-state index contributed by atoms with van der Waals surface area (Å²) in [6, 6.07) is 14.8. The summed E-state index contributed by atoms with van der Waals surface area (Å²) in [5.41, 5.74) is 1.01. The van der Waals surface area contributed by atoms with E-state index in [4.69, 9.17) is 18.9 Å². The number of rotatable bonds is 7. The Morgan fingerprint density at radius 1 is 1.04 bits per heavy atom. The molecule has 0 aromatic heterocycles. The van der Waals surface area contributed by atoms with Gasteiger partial charge in [-0.15, -0.1) is 0 Å². The third kappa shape index (κ3) is 4.22. The maximum absolute atomic E-state index is 12.0. The van der Waals surface area contributed by atoms with E-state index in [1.165, 1.54) is 0 Å². The molecule has 26 heavy (non-hydrogen) atoms. The Morgan fingerprint density at radius 2 is 1.81 bits per heavy atom. The van der Waals surface area contributed by atoms with Gasteiger partial charge in [0.05, 0.1) is 27.2 Å². The van der Waals surface area contributed by atoms with Gasteiger partial charge < -0.3 is 18.9 Å². The molecule has 0 aliphatic carbocycles. The molecule has 0 amide bonds. The van der Waals surface area contributed by atoms with Crippen LogP contribution in [0.15, 0.2) is 59.2 Å². The van der Waals surface area contributed by atoms with Crippen molar-refractivity contribution in [3.63, 3.8) is 0 Å². The van der Waals surface area contributed by atoms with E-state index in [1.54, 1.807) is 32.4 Å². The van der Waals surface area contributed by atoms with Crippen molar-refractivity contribution in [3.8, 4) is 17.2 Å². The molecule has 0 saturated heterocycles. The van der Waals surface area contributed by atoms with Crippen LogP contribution < -0.4 is 14.2 Å². The second kappa shape index (κ2) is 8.20. The third-order valence-electron chi connectivity index (χ3n) is 3.70. The van der Waals surface area contributed by atoms with Gasteiger partial charge in [-0.1, -0.05) is 24.3 Å². The average Bonchev–Trinajstić information content (AvgIpc) is 3.01. The fourth-order valence-electron chi connectivity index (χ4n) is 2.43. The number of methoxy groups -OCH3 is 2. The molecule has 6 heteroatoms. The zero-order chi connectivity index (χ0) is 18.4. The third-order valence-corrected chi connectivity index (χ3v) is 3.70. The van der Waals surface area contributed by atoms with Crippen LogP contribution in [-0.2, 0) is 9.53 Å². The first-order valence-electron chi connectivity index (χ1n) is 8.11. The first-order valence-corrected chi connectivity index (χ1v) is 8.11. The molecule has 0 radical (unpaired) electrons. The zero-order valence-electron chi connectivity index (χ0n) is 14.6. The monoisotopic (exact) mass is 353 g/mol. The summed E-state index contributed by atoms with van der Waals surface area (Å²) in [5.74, 6) is 1.82. The number of hydrogen-bond donors (Lipinski definition) is 0. The van der Waals surface area contributed by atoms with Gasteiger partial charge in [0.15, 0.2) is 17.2 Å². The maximum atomic E-state index is 12.0. The second-order valence-corrected chi connectivity index (χ2v) is 5.45. The number of carbonyl (C=O) groups excluding carboxylic acids is 1. The summed E-state index contributed by atoms with van der Waals surface area (Å²) in [4.78, 5) is 16.2. The maximum Gasteiger partial charge on any atom is 0.363 e. The van der Waals surface area contributed by atoms with Crippen molar-refractivity contribution >= 4 is 17.9 Å². The van der Waals surface area contributed by atoms with Gasteiger partial charge in [0.1, 0.15) is 5.75 Å². The highest BCUT2D eigenvalue weighted by molar-refractivity contribution is 6.07. The van der Waals surface area contributed by atoms with Gasteiger partial charge in [-0.3, -0.25) is 0 Å². The molecule has 0 N–H and O–H groups in total.